The number of halogens is 1. The number of likely N-dealkylation sites (tertiary alicyclic amines) is 1. The number of amides is 1. The first-order chi connectivity index (χ1) is 15.1. The number of nitrogens with zero attached hydrogens (tertiary/aromatic N) is 3. The van der Waals surface area contributed by atoms with Crippen LogP contribution in [-0.2, 0) is 11.3 Å². The van der Waals surface area contributed by atoms with Crippen LogP contribution in [0, 0.1) is 18.7 Å². The summed E-state index contributed by atoms with van der Waals surface area (Å²) in [6.45, 7) is 6.53. The minimum atomic E-state index is -0.136. The van der Waals surface area contributed by atoms with Crippen LogP contribution in [0.25, 0.3) is 0 Å². The van der Waals surface area contributed by atoms with Crippen LogP contribution in [0.3, 0.4) is 0 Å². The number of carbonyl (C=O) groups excluding carboxylic acids is 1. The molecule has 4 rings (SSSR count). The molecule has 0 spiro atoms. The molecule has 0 saturated carbocycles. The van der Waals surface area contributed by atoms with Gasteiger partial charge in [0.25, 0.3) is 5.91 Å². The third-order valence-electron chi connectivity index (χ3n) is 6.38. The average Bonchev–Trinajstić information content (AvgIpc) is 3.29. The second-order valence-corrected chi connectivity index (χ2v) is 8.82. The van der Waals surface area contributed by atoms with Gasteiger partial charge in [0.05, 0.1) is 6.10 Å². The van der Waals surface area contributed by atoms with E-state index in [0.29, 0.717) is 24.7 Å². The standard InChI is InChI=1S/C25H32FN3O2/c1-19-6-4-10-24(27-19)25(30)29(18-22-8-5-15-31-22)16-20-11-13-28(14-12-20)17-21-7-2-3-9-23(21)26/h2-4,6-7,9-10,20,22H,5,8,11-18H2,1H3/t22-/m1/s1. The topological polar surface area (TPSA) is 45.7 Å². The third kappa shape index (κ3) is 5.89. The van der Waals surface area contributed by atoms with Gasteiger partial charge in [-0.15, -0.1) is 0 Å². The van der Waals surface area contributed by atoms with Crippen molar-refractivity contribution in [1.82, 2.24) is 14.8 Å². The molecule has 1 aromatic carbocycles. The van der Waals surface area contributed by atoms with Gasteiger partial charge >= 0.3 is 0 Å². The number of ether oxygens (including phenoxy) is 1. The Kier molecular flexibility index (Phi) is 7.30. The van der Waals surface area contributed by atoms with Crippen molar-refractivity contribution < 1.29 is 13.9 Å². The molecule has 1 amide bonds. The van der Waals surface area contributed by atoms with Gasteiger partial charge < -0.3 is 9.64 Å². The molecule has 2 aromatic rings. The van der Waals surface area contributed by atoms with E-state index in [-0.39, 0.29) is 17.8 Å². The highest BCUT2D eigenvalue weighted by atomic mass is 19.1. The van der Waals surface area contributed by atoms with Gasteiger partial charge in [0.2, 0.25) is 0 Å². The molecule has 3 heterocycles. The molecular formula is C25H32FN3O2. The fourth-order valence-electron chi connectivity index (χ4n) is 4.60. The average molecular weight is 426 g/mol. The summed E-state index contributed by atoms with van der Waals surface area (Å²) in [4.78, 5) is 22.0. The lowest BCUT2D eigenvalue weighted by Gasteiger charge is -2.35. The number of benzene rings is 1. The summed E-state index contributed by atoms with van der Waals surface area (Å²) in [5.41, 5.74) is 2.11. The van der Waals surface area contributed by atoms with Crippen molar-refractivity contribution in [3.8, 4) is 0 Å². The van der Waals surface area contributed by atoms with E-state index in [2.05, 4.69) is 9.88 Å². The number of pyridine rings is 1. The Morgan fingerprint density at radius 1 is 1.13 bits per heavy atom. The summed E-state index contributed by atoms with van der Waals surface area (Å²) in [5.74, 6) is 0.295. The highest BCUT2D eigenvalue weighted by molar-refractivity contribution is 5.92. The van der Waals surface area contributed by atoms with E-state index >= 15 is 0 Å². The Bertz CT molecular complexity index is 877. The van der Waals surface area contributed by atoms with Crippen LogP contribution < -0.4 is 0 Å². The van der Waals surface area contributed by atoms with E-state index in [0.717, 1.165) is 63.2 Å². The van der Waals surface area contributed by atoms with E-state index in [9.17, 15) is 9.18 Å². The maximum Gasteiger partial charge on any atom is 0.272 e. The molecular weight excluding hydrogens is 393 g/mol. The first-order valence-electron chi connectivity index (χ1n) is 11.4. The minimum absolute atomic E-state index is 0.00649. The molecule has 0 aliphatic carbocycles. The van der Waals surface area contributed by atoms with E-state index < -0.39 is 0 Å². The Balaban J connectivity index is 1.36. The van der Waals surface area contributed by atoms with Crippen LogP contribution in [0.5, 0.6) is 0 Å². The fourth-order valence-corrected chi connectivity index (χ4v) is 4.60. The summed E-state index contributed by atoms with van der Waals surface area (Å²) in [6.07, 6.45) is 4.20. The number of hydrogen-bond acceptors (Lipinski definition) is 4. The lowest BCUT2D eigenvalue weighted by molar-refractivity contribution is 0.0440. The van der Waals surface area contributed by atoms with Crippen LogP contribution in [0.4, 0.5) is 4.39 Å². The van der Waals surface area contributed by atoms with E-state index in [1.165, 1.54) is 6.07 Å². The maximum absolute atomic E-state index is 14.0. The quantitative estimate of drug-likeness (QED) is 0.671. The second kappa shape index (κ2) is 10.3. The van der Waals surface area contributed by atoms with Gasteiger partial charge in [-0.3, -0.25) is 9.69 Å². The molecule has 6 heteroatoms. The van der Waals surface area contributed by atoms with Crippen molar-refractivity contribution in [2.24, 2.45) is 5.92 Å². The van der Waals surface area contributed by atoms with E-state index in [1.807, 2.05) is 36.1 Å². The number of aromatic nitrogens is 1. The first-order valence-corrected chi connectivity index (χ1v) is 11.4. The number of rotatable bonds is 7. The molecule has 166 valence electrons. The van der Waals surface area contributed by atoms with Gasteiger partial charge in [0.15, 0.2) is 0 Å². The highest BCUT2D eigenvalue weighted by Crippen LogP contribution is 2.23. The number of piperidine rings is 1. The van der Waals surface area contributed by atoms with Gasteiger partial charge in [0.1, 0.15) is 11.5 Å². The molecule has 1 atom stereocenters. The van der Waals surface area contributed by atoms with Crippen molar-refractivity contribution in [2.75, 3.05) is 32.8 Å². The van der Waals surface area contributed by atoms with Gasteiger partial charge in [-0.25, -0.2) is 9.37 Å². The fraction of sp³-hybridized carbons (Fsp3) is 0.520. The molecule has 2 aliphatic heterocycles. The molecule has 0 bridgehead atoms. The molecule has 2 fully saturated rings. The smallest absolute Gasteiger partial charge is 0.272 e. The van der Waals surface area contributed by atoms with Crippen molar-refractivity contribution in [2.45, 2.75) is 45.3 Å². The SMILES string of the molecule is Cc1cccc(C(=O)N(CC2CCN(Cc3ccccc3F)CC2)C[C@H]2CCCO2)n1. The summed E-state index contributed by atoms with van der Waals surface area (Å²) in [7, 11) is 0. The third-order valence-corrected chi connectivity index (χ3v) is 6.38. The second-order valence-electron chi connectivity index (χ2n) is 8.82. The lowest BCUT2D eigenvalue weighted by Crippen LogP contribution is -2.43. The molecule has 0 radical (unpaired) electrons. The lowest BCUT2D eigenvalue weighted by atomic mass is 9.95. The van der Waals surface area contributed by atoms with E-state index in [1.54, 1.807) is 12.1 Å². The van der Waals surface area contributed by atoms with Crippen LogP contribution in [0.2, 0.25) is 0 Å². The van der Waals surface area contributed by atoms with Gasteiger partial charge in [-0.2, -0.15) is 0 Å². The Morgan fingerprint density at radius 3 is 2.65 bits per heavy atom. The van der Waals surface area contributed by atoms with Gasteiger partial charge in [-0.1, -0.05) is 24.3 Å². The zero-order valence-electron chi connectivity index (χ0n) is 18.3. The predicted octanol–water partition coefficient (Wildman–Crippen LogP) is 4.06. The molecule has 0 N–H and O–H groups in total. The van der Waals surface area contributed by atoms with Crippen LogP contribution >= 0.6 is 0 Å². The van der Waals surface area contributed by atoms with Crippen molar-refractivity contribution in [3.63, 3.8) is 0 Å². The van der Waals surface area contributed by atoms with Crippen molar-refractivity contribution >= 4 is 5.91 Å². The number of carbonyl (C=O) groups is 1. The Morgan fingerprint density at radius 2 is 1.94 bits per heavy atom. The number of hydrogen-bond donors (Lipinski definition) is 0. The Hall–Kier alpha value is -2.31. The molecule has 31 heavy (non-hydrogen) atoms. The maximum atomic E-state index is 14.0. The monoisotopic (exact) mass is 425 g/mol. The van der Waals surface area contributed by atoms with Crippen LogP contribution in [0.1, 0.15) is 47.4 Å². The minimum Gasteiger partial charge on any atom is -0.376 e. The first kappa shape index (κ1) is 21.9. The molecule has 1 aromatic heterocycles. The number of aryl methyl sites for hydroxylation is 1. The van der Waals surface area contributed by atoms with Crippen LogP contribution in [0.15, 0.2) is 42.5 Å². The summed E-state index contributed by atoms with van der Waals surface area (Å²) in [6, 6.07) is 12.6. The largest absolute Gasteiger partial charge is 0.376 e. The van der Waals surface area contributed by atoms with Crippen LogP contribution in [-0.4, -0.2) is 59.6 Å². The molecule has 0 unspecified atom stereocenters. The zero-order valence-corrected chi connectivity index (χ0v) is 18.3. The predicted molar refractivity (Wildman–Crippen MR) is 118 cm³/mol. The molecule has 5 nitrogen and oxygen atoms in total. The summed E-state index contributed by atoms with van der Waals surface area (Å²) < 4.78 is 19.8. The molecule has 2 aliphatic rings. The van der Waals surface area contributed by atoms with Crippen molar-refractivity contribution in [1.29, 1.82) is 0 Å². The Labute approximate surface area is 184 Å². The molecule has 2 saturated heterocycles. The van der Waals surface area contributed by atoms with Crippen molar-refractivity contribution in [3.05, 3.63) is 65.2 Å². The normalized spacial score (nSPS) is 20.1. The van der Waals surface area contributed by atoms with Gasteiger partial charge in [-0.05, 0) is 69.8 Å². The van der Waals surface area contributed by atoms with E-state index in [4.69, 9.17) is 4.74 Å². The van der Waals surface area contributed by atoms with Gasteiger partial charge in [0, 0.05) is 37.5 Å². The zero-order chi connectivity index (χ0) is 21.6. The summed E-state index contributed by atoms with van der Waals surface area (Å²) in [5, 5.41) is 0. The highest BCUT2D eigenvalue weighted by Gasteiger charge is 2.28. The summed E-state index contributed by atoms with van der Waals surface area (Å²) >= 11 is 0.